The Morgan fingerprint density at radius 1 is 1.15 bits per heavy atom. The minimum Gasteiger partial charge on any atom is -0.487 e. The Hall–Kier alpha value is -1.60. The monoisotopic (exact) mass is 702 g/mol. The van der Waals surface area contributed by atoms with Gasteiger partial charge in [0.25, 0.3) is 11.1 Å². The Bertz CT molecular complexity index is 1130. The predicted octanol–water partition coefficient (Wildman–Crippen LogP) is 5.77. The van der Waals surface area contributed by atoms with E-state index in [0.29, 0.717) is 36.3 Å². The topological polar surface area (TPSA) is 66.9 Å². The van der Waals surface area contributed by atoms with Crippen LogP contribution in [0.1, 0.15) is 30.9 Å². The second kappa shape index (κ2) is 11.4. The number of likely N-dealkylation sites (tertiary alicyclic amines) is 1. The molecule has 0 N–H and O–H groups in total. The highest BCUT2D eigenvalue weighted by atomic mass is 127. The highest BCUT2D eigenvalue weighted by Gasteiger charge is 2.37. The summed E-state index contributed by atoms with van der Waals surface area (Å²) in [5, 5.41) is -0.415. The number of rotatable bonds is 6. The van der Waals surface area contributed by atoms with Crippen LogP contribution in [0.5, 0.6) is 5.75 Å². The van der Waals surface area contributed by atoms with Crippen molar-refractivity contribution in [3.8, 4) is 5.75 Å². The van der Waals surface area contributed by atoms with E-state index in [1.54, 1.807) is 11.0 Å². The van der Waals surface area contributed by atoms with Gasteiger partial charge in [0.05, 0.1) is 8.48 Å². The van der Waals surface area contributed by atoms with E-state index in [9.17, 15) is 14.4 Å². The number of halogens is 2. The normalized spacial score (nSPS) is 18.1. The Balaban J connectivity index is 1.51. The molecule has 178 valence electrons. The van der Waals surface area contributed by atoms with Crippen LogP contribution in [-0.4, -0.2) is 46.5 Å². The van der Waals surface area contributed by atoms with E-state index in [0.717, 1.165) is 47.8 Å². The van der Waals surface area contributed by atoms with Gasteiger partial charge in [-0.05, 0) is 99.5 Å². The molecule has 0 aliphatic carbocycles. The molecule has 4 rings (SSSR count). The fraction of sp³-hybridized carbons (Fsp3) is 0.320. The van der Waals surface area contributed by atoms with Gasteiger partial charge in [-0.25, -0.2) is 0 Å². The summed E-state index contributed by atoms with van der Waals surface area (Å²) in [6.45, 7) is 3.71. The molecule has 2 fully saturated rings. The Morgan fingerprint density at radius 2 is 1.85 bits per heavy atom. The molecule has 9 heteroatoms. The molecule has 6 nitrogen and oxygen atoms in total. The molecule has 0 unspecified atom stereocenters. The lowest BCUT2D eigenvalue weighted by Gasteiger charge is -2.31. The lowest BCUT2D eigenvalue weighted by Crippen LogP contribution is -2.45. The molecule has 0 saturated carbocycles. The zero-order chi connectivity index (χ0) is 24.2. The van der Waals surface area contributed by atoms with Crippen molar-refractivity contribution in [3.63, 3.8) is 0 Å². The number of benzene rings is 2. The molecule has 3 amide bonds. The van der Waals surface area contributed by atoms with Gasteiger partial charge in [-0.15, -0.1) is 0 Å². The van der Waals surface area contributed by atoms with Crippen molar-refractivity contribution in [2.75, 3.05) is 19.6 Å². The van der Waals surface area contributed by atoms with Gasteiger partial charge < -0.3 is 9.64 Å². The Kier molecular flexibility index (Phi) is 8.57. The first-order valence-corrected chi connectivity index (χ1v) is 14.0. The highest BCUT2D eigenvalue weighted by Crippen LogP contribution is 2.36. The third kappa shape index (κ3) is 6.14. The van der Waals surface area contributed by atoms with Crippen LogP contribution in [0.3, 0.4) is 0 Å². The molecule has 0 radical (unpaired) electrons. The Labute approximate surface area is 230 Å². The van der Waals surface area contributed by atoms with Crippen molar-refractivity contribution >= 4 is 80.1 Å². The van der Waals surface area contributed by atoms with Crippen molar-refractivity contribution in [1.29, 1.82) is 0 Å². The molecule has 0 atom stereocenters. The van der Waals surface area contributed by atoms with E-state index in [1.165, 1.54) is 0 Å². The van der Waals surface area contributed by atoms with Crippen LogP contribution in [0.4, 0.5) is 4.79 Å². The average molecular weight is 702 g/mol. The lowest BCUT2D eigenvalue weighted by molar-refractivity contribution is -0.136. The van der Waals surface area contributed by atoms with Gasteiger partial charge >= 0.3 is 0 Å². The van der Waals surface area contributed by atoms with Gasteiger partial charge in [0.2, 0.25) is 5.91 Å². The van der Waals surface area contributed by atoms with E-state index in [4.69, 9.17) is 4.74 Å². The molecule has 2 heterocycles. The fourth-order valence-electron chi connectivity index (χ4n) is 3.84. The number of ether oxygens (including phenoxy) is 1. The van der Waals surface area contributed by atoms with Crippen molar-refractivity contribution in [2.45, 2.75) is 26.4 Å². The molecule has 2 aromatic rings. The number of nitrogens with zero attached hydrogens (tertiary/aromatic N) is 2. The van der Waals surface area contributed by atoms with Crippen LogP contribution in [0.25, 0.3) is 6.08 Å². The summed E-state index contributed by atoms with van der Waals surface area (Å²) >= 11 is 5.31. The number of piperidine rings is 1. The molecule has 0 aromatic heterocycles. The standard InChI is InChI=1S/C25H24I2N2O4S/c1-16-7-9-28(10-8-16)22(30)14-29-24(31)21(34-25(29)32)12-18-11-19(26)13-20(27)23(18)33-15-17-5-3-2-4-6-17/h2-6,11-13,16H,7-10,14-15H2,1H3/b21-12+. The van der Waals surface area contributed by atoms with E-state index in [-0.39, 0.29) is 12.5 Å². The van der Waals surface area contributed by atoms with Crippen molar-refractivity contribution in [2.24, 2.45) is 5.92 Å². The van der Waals surface area contributed by atoms with E-state index in [2.05, 4.69) is 52.1 Å². The summed E-state index contributed by atoms with van der Waals surface area (Å²) in [4.78, 5) is 41.5. The van der Waals surface area contributed by atoms with Crippen LogP contribution in [0.15, 0.2) is 47.4 Å². The quantitative estimate of drug-likeness (QED) is 0.283. The molecule has 2 aromatic carbocycles. The second-order valence-corrected chi connectivity index (χ2v) is 11.8. The molecular formula is C25H24I2N2O4S. The van der Waals surface area contributed by atoms with Gasteiger partial charge in [-0.1, -0.05) is 37.3 Å². The van der Waals surface area contributed by atoms with Crippen LogP contribution in [0, 0.1) is 13.1 Å². The SMILES string of the molecule is CC1CCN(C(=O)CN2C(=O)S/C(=C/c3cc(I)cc(I)c3OCc3ccccc3)C2=O)CC1. The average Bonchev–Trinajstić information content (AvgIpc) is 3.07. The van der Waals surface area contributed by atoms with Gasteiger partial charge in [-0.2, -0.15) is 0 Å². The molecule has 2 aliphatic rings. The fourth-order valence-corrected chi connectivity index (χ4v) is 6.71. The maximum atomic E-state index is 13.1. The van der Waals surface area contributed by atoms with Crippen LogP contribution in [0.2, 0.25) is 0 Å². The minimum atomic E-state index is -0.434. The van der Waals surface area contributed by atoms with Crippen LogP contribution >= 0.6 is 56.9 Å². The van der Waals surface area contributed by atoms with Crippen LogP contribution < -0.4 is 4.74 Å². The van der Waals surface area contributed by atoms with E-state index in [1.807, 2.05) is 42.5 Å². The van der Waals surface area contributed by atoms with E-state index >= 15 is 0 Å². The van der Waals surface area contributed by atoms with Gasteiger partial charge in [0.1, 0.15) is 18.9 Å². The number of carbonyl (C=O) groups excluding carboxylic acids is 3. The largest absolute Gasteiger partial charge is 0.487 e. The first-order chi connectivity index (χ1) is 16.3. The third-order valence-electron chi connectivity index (χ3n) is 5.85. The molecule has 2 saturated heterocycles. The number of hydrogen-bond donors (Lipinski definition) is 0. The van der Waals surface area contributed by atoms with E-state index < -0.39 is 11.1 Å². The molecule has 0 bridgehead atoms. The summed E-state index contributed by atoms with van der Waals surface area (Å²) in [5.41, 5.74) is 1.77. The molecule has 34 heavy (non-hydrogen) atoms. The summed E-state index contributed by atoms with van der Waals surface area (Å²) in [6.07, 6.45) is 3.59. The van der Waals surface area contributed by atoms with Crippen LogP contribution in [-0.2, 0) is 16.2 Å². The Morgan fingerprint density at radius 3 is 2.56 bits per heavy atom. The van der Waals surface area contributed by atoms with Gasteiger partial charge in [0, 0.05) is 22.2 Å². The lowest BCUT2D eigenvalue weighted by atomic mass is 9.99. The summed E-state index contributed by atoms with van der Waals surface area (Å²) in [7, 11) is 0. The van der Waals surface area contributed by atoms with Gasteiger partial charge in [0.15, 0.2) is 0 Å². The number of imide groups is 1. The summed E-state index contributed by atoms with van der Waals surface area (Å²) < 4.78 is 8.04. The van der Waals surface area contributed by atoms with Crippen molar-refractivity contribution in [1.82, 2.24) is 9.80 Å². The highest BCUT2D eigenvalue weighted by molar-refractivity contribution is 14.1. The number of amides is 3. The maximum Gasteiger partial charge on any atom is 0.294 e. The molecule has 2 aliphatic heterocycles. The second-order valence-electron chi connectivity index (χ2n) is 8.41. The first kappa shape index (κ1) is 25.5. The third-order valence-corrected chi connectivity index (χ3v) is 8.18. The van der Waals surface area contributed by atoms with Gasteiger partial charge in [-0.3, -0.25) is 19.3 Å². The summed E-state index contributed by atoms with van der Waals surface area (Å²) in [5.74, 6) is 0.650. The van der Waals surface area contributed by atoms with Crippen molar-refractivity contribution < 1.29 is 19.1 Å². The predicted molar refractivity (Wildman–Crippen MR) is 150 cm³/mol. The first-order valence-electron chi connectivity index (χ1n) is 11.0. The number of hydrogen-bond acceptors (Lipinski definition) is 5. The zero-order valence-electron chi connectivity index (χ0n) is 18.6. The molecular weight excluding hydrogens is 678 g/mol. The van der Waals surface area contributed by atoms with Crippen molar-refractivity contribution in [3.05, 3.63) is 65.6 Å². The summed E-state index contributed by atoms with van der Waals surface area (Å²) in [6, 6.07) is 13.8. The maximum absolute atomic E-state index is 13.1. The number of thioether (sulfide) groups is 1. The number of carbonyl (C=O) groups is 3. The molecule has 0 spiro atoms. The smallest absolute Gasteiger partial charge is 0.294 e. The zero-order valence-corrected chi connectivity index (χ0v) is 23.8. The minimum absolute atomic E-state index is 0.175.